The Kier molecular flexibility index (Phi) is 5.69. The first-order chi connectivity index (χ1) is 9.22. The molecule has 1 aromatic rings. The molecule has 0 spiro atoms. The molecular weight excluding hydrogens is 268 g/mol. The minimum Gasteiger partial charge on any atom is -0.369 e. The number of benzene rings is 1. The van der Waals surface area contributed by atoms with Crippen LogP contribution in [0.25, 0.3) is 0 Å². The van der Waals surface area contributed by atoms with Crippen molar-refractivity contribution in [1.82, 2.24) is 0 Å². The van der Waals surface area contributed by atoms with Gasteiger partial charge in [0.05, 0.1) is 11.4 Å². The molecule has 8 heteroatoms. The molecule has 0 saturated heterocycles. The Balaban J connectivity index is 3.04. The molecule has 114 valence electrons. The summed E-state index contributed by atoms with van der Waals surface area (Å²) in [4.78, 5) is 0. The van der Waals surface area contributed by atoms with E-state index < -0.39 is 25.0 Å². The quantitative estimate of drug-likeness (QED) is 0.292. The molecule has 0 aliphatic carbocycles. The summed E-state index contributed by atoms with van der Waals surface area (Å²) in [6.45, 7) is 3.62. The van der Waals surface area contributed by atoms with Gasteiger partial charge < -0.3 is 41.3 Å². The minimum absolute atomic E-state index is 0.272. The molecule has 0 aliphatic rings. The van der Waals surface area contributed by atoms with Crippen LogP contribution in [0.1, 0.15) is 11.1 Å². The molecule has 2 atom stereocenters. The van der Waals surface area contributed by atoms with E-state index in [2.05, 4.69) is 10.6 Å². The van der Waals surface area contributed by atoms with Crippen molar-refractivity contribution in [3.8, 4) is 0 Å². The zero-order chi connectivity index (χ0) is 15.4. The van der Waals surface area contributed by atoms with Crippen molar-refractivity contribution >= 4 is 11.4 Å². The van der Waals surface area contributed by atoms with Gasteiger partial charge in [-0.25, -0.2) is 0 Å². The normalized spacial score (nSPS) is 14.5. The molecule has 1 rings (SSSR count). The number of anilines is 2. The maximum Gasteiger partial charge on any atom is 0.197 e. The molecule has 2 unspecified atom stereocenters. The summed E-state index contributed by atoms with van der Waals surface area (Å²) in [7, 11) is 0. The van der Waals surface area contributed by atoms with Gasteiger partial charge in [0.2, 0.25) is 0 Å². The summed E-state index contributed by atoms with van der Waals surface area (Å²) in [6.07, 6.45) is -7.24. The Labute approximate surface area is 115 Å². The number of aryl methyl sites for hydroxylation is 2. The van der Waals surface area contributed by atoms with E-state index in [-0.39, 0.29) is 11.4 Å². The van der Waals surface area contributed by atoms with E-state index >= 15 is 0 Å². The zero-order valence-corrected chi connectivity index (χ0v) is 11.1. The summed E-state index contributed by atoms with van der Waals surface area (Å²) in [5.41, 5.74) is 2.26. The van der Waals surface area contributed by atoms with Gasteiger partial charge in [-0.05, 0) is 37.1 Å². The molecule has 0 bridgehead atoms. The summed E-state index contributed by atoms with van der Waals surface area (Å²) < 4.78 is 0. The predicted octanol–water partition coefficient (Wildman–Crippen LogP) is -1.61. The van der Waals surface area contributed by atoms with Crippen molar-refractivity contribution in [3.05, 3.63) is 23.3 Å². The highest BCUT2D eigenvalue weighted by atomic mass is 16.5. The molecule has 0 saturated carbocycles. The number of aliphatic hydroxyl groups excluding tert-OH is 4. The fourth-order valence-electron chi connectivity index (χ4n) is 1.52. The molecule has 0 fully saturated rings. The Bertz CT molecular complexity index is 411. The summed E-state index contributed by atoms with van der Waals surface area (Å²) in [5, 5.41) is 59.1. The van der Waals surface area contributed by atoms with Crippen molar-refractivity contribution in [3.63, 3.8) is 0 Å². The van der Waals surface area contributed by atoms with E-state index in [9.17, 15) is 10.2 Å². The van der Waals surface area contributed by atoms with E-state index in [1.165, 1.54) is 0 Å². The third kappa shape index (κ3) is 4.30. The predicted molar refractivity (Wildman–Crippen MR) is 71.6 cm³/mol. The van der Waals surface area contributed by atoms with Crippen molar-refractivity contribution in [2.24, 2.45) is 0 Å². The SMILES string of the molecule is Cc1cc(NC(O)C(O)O)c(NC(O)C(O)O)cc1C. The van der Waals surface area contributed by atoms with Crippen molar-refractivity contribution in [2.75, 3.05) is 10.6 Å². The molecule has 0 aliphatic heterocycles. The second-order valence-corrected chi connectivity index (χ2v) is 4.49. The van der Waals surface area contributed by atoms with Gasteiger partial charge in [0.1, 0.15) is 0 Å². The first kappa shape index (κ1) is 16.6. The van der Waals surface area contributed by atoms with Gasteiger partial charge in [-0.15, -0.1) is 0 Å². The lowest BCUT2D eigenvalue weighted by Crippen LogP contribution is -2.35. The fraction of sp³-hybridized carbons (Fsp3) is 0.500. The molecule has 0 heterocycles. The minimum atomic E-state index is -1.99. The Morgan fingerprint density at radius 3 is 1.25 bits per heavy atom. The number of hydrogen-bond donors (Lipinski definition) is 8. The topological polar surface area (TPSA) is 145 Å². The smallest absolute Gasteiger partial charge is 0.197 e. The molecule has 0 amide bonds. The maximum absolute atomic E-state index is 9.41. The van der Waals surface area contributed by atoms with Gasteiger partial charge in [0.25, 0.3) is 0 Å². The lowest BCUT2D eigenvalue weighted by atomic mass is 10.1. The van der Waals surface area contributed by atoms with E-state index in [1.807, 2.05) is 13.8 Å². The van der Waals surface area contributed by atoms with Crippen LogP contribution in [0.5, 0.6) is 0 Å². The second-order valence-electron chi connectivity index (χ2n) is 4.49. The van der Waals surface area contributed by atoms with Crippen LogP contribution in [0.15, 0.2) is 12.1 Å². The molecular formula is C12H20N2O6. The van der Waals surface area contributed by atoms with E-state index in [0.29, 0.717) is 0 Å². The van der Waals surface area contributed by atoms with Crippen LogP contribution in [0.2, 0.25) is 0 Å². The van der Waals surface area contributed by atoms with Crippen LogP contribution >= 0.6 is 0 Å². The Hall–Kier alpha value is -1.42. The van der Waals surface area contributed by atoms with E-state index in [1.54, 1.807) is 12.1 Å². The summed E-state index contributed by atoms with van der Waals surface area (Å²) >= 11 is 0. The van der Waals surface area contributed by atoms with Gasteiger partial charge >= 0.3 is 0 Å². The molecule has 8 N–H and O–H groups in total. The number of nitrogens with one attached hydrogen (secondary N) is 2. The maximum atomic E-state index is 9.41. The first-order valence-corrected chi connectivity index (χ1v) is 5.95. The third-order valence-electron chi connectivity index (χ3n) is 2.81. The number of rotatable bonds is 6. The van der Waals surface area contributed by atoms with Crippen LogP contribution in [0.4, 0.5) is 11.4 Å². The first-order valence-electron chi connectivity index (χ1n) is 5.95. The highest BCUT2D eigenvalue weighted by Crippen LogP contribution is 2.27. The van der Waals surface area contributed by atoms with Gasteiger partial charge in [-0.1, -0.05) is 0 Å². The van der Waals surface area contributed by atoms with Gasteiger partial charge in [0.15, 0.2) is 25.0 Å². The molecule has 1 aromatic carbocycles. The van der Waals surface area contributed by atoms with Gasteiger partial charge in [-0.3, -0.25) is 0 Å². The average molecular weight is 288 g/mol. The number of aliphatic hydroxyl groups is 6. The van der Waals surface area contributed by atoms with Gasteiger partial charge in [0, 0.05) is 0 Å². The van der Waals surface area contributed by atoms with Crippen LogP contribution in [0, 0.1) is 13.8 Å². The fourth-order valence-corrected chi connectivity index (χ4v) is 1.52. The average Bonchev–Trinajstić information content (AvgIpc) is 2.34. The Morgan fingerprint density at radius 1 is 0.700 bits per heavy atom. The molecule has 0 radical (unpaired) electrons. The van der Waals surface area contributed by atoms with E-state index in [4.69, 9.17) is 20.4 Å². The van der Waals surface area contributed by atoms with Crippen molar-refractivity contribution in [1.29, 1.82) is 0 Å². The molecule has 8 nitrogen and oxygen atoms in total. The summed E-state index contributed by atoms with van der Waals surface area (Å²) in [6, 6.07) is 3.22. The standard InChI is InChI=1S/C12H20N2O6/c1-5-3-7(13-9(15)11(17)18)8(4-6(5)2)14-10(16)12(19)20/h3-4,9-20H,1-2H3. The second kappa shape index (κ2) is 6.84. The summed E-state index contributed by atoms with van der Waals surface area (Å²) in [5.74, 6) is 0. The zero-order valence-electron chi connectivity index (χ0n) is 11.1. The van der Waals surface area contributed by atoms with Crippen molar-refractivity contribution in [2.45, 2.75) is 38.9 Å². The van der Waals surface area contributed by atoms with Crippen molar-refractivity contribution < 1.29 is 30.6 Å². The van der Waals surface area contributed by atoms with Crippen LogP contribution < -0.4 is 10.6 Å². The Morgan fingerprint density at radius 2 is 1.00 bits per heavy atom. The largest absolute Gasteiger partial charge is 0.369 e. The molecule has 0 aromatic heterocycles. The lowest BCUT2D eigenvalue weighted by Gasteiger charge is -2.23. The monoisotopic (exact) mass is 288 g/mol. The highest BCUT2D eigenvalue weighted by molar-refractivity contribution is 5.71. The molecule has 20 heavy (non-hydrogen) atoms. The number of hydrogen-bond acceptors (Lipinski definition) is 8. The van der Waals surface area contributed by atoms with Gasteiger partial charge in [-0.2, -0.15) is 0 Å². The van der Waals surface area contributed by atoms with Crippen LogP contribution in [-0.4, -0.2) is 55.7 Å². The third-order valence-corrected chi connectivity index (χ3v) is 2.81. The van der Waals surface area contributed by atoms with Crippen LogP contribution in [-0.2, 0) is 0 Å². The lowest BCUT2D eigenvalue weighted by molar-refractivity contribution is -0.111. The van der Waals surface area contributed by atoms with E-state index in [0.717, 1.165) is 11.1 Å². The van der Waals surface area contributed by atoms with Crippen LogP contribution in [0.3, 0.4) is 0 Å². The highest BCUT2D eigenvalue weighted by Gasteiger charge is 2.18.